The number of imidazole rings is 1. The monoisotopic (exact) mass is 342 g/mol. The molecular formula is C13H16BrClN4. The summed E-state index contributed by atoms with van der Waals surface area (Å²) in [7, 11) is 0. The van der Waals surface area contributed by atoms with Crippen LogP contribution in [-0.2, 0) is 5.41 Å². The Kier molecular flexibility index (Phi) is 3.53. The van der Waals surface area contributed by atoms with Gasteiger partial charge in [-0.2, -0.15) is 0 Å². The van der Waals surface area contributed by atoms with Crippen LogP contribution in [0, 0.1) is 0 Å². The summed E-state index contributed by atoms with van der Waals surface area (Å²) >= 11 is 9.51. The van der Waals surface area contributed by atoms with Crippen molar-refractivity contribution in [3.05, 3.63) is 33.5 Å². The molecule has 0 unspecified atom stereocenters. The molecule has 0 fully saturated rings. The second-order valence-corrected chi connectivity index (χ2v) is 6.70. The molecule has 0 aliphatic rings. The molecule has 0 amide bonds. The third-order valence-electron chi connectivity index (χ3n) is 2.80. The third-order valence-corrected chi connectivity index (χ3v) is 3.73. The number of rotatable bonds is 1. The minimum atomic E-state index is -0.188. The van der Waals surface area contributed by atoms with Crippen LogP contribution < -0.4 is 11.6 Å². The van der Waals surface area contributed by atoms with Crippen LogP contribution >= 0.6 is 27.5 Å². The first-order chi connectivity index (χ1) is 8.71. The first kappa shape index (κ1) is 14.2. The van der Waals surface area contributed by atoms with Gasteiger partial charge in [0.1, 0.15) is 11.5 Å². The Morgan fingerprint density at radius 3 is 2.47 bits per heavy atom. The van der Waals surface area contributed by atoms with E-state index >= 15 is 0 Å². The van der Waals surface area contributed by atoms with E-state index in [1.54, 1.807) is 6.07 Å². The molecular weight excluding hydrogens is 328 g/mol. The number of halogens is 2. The van der Waals surface area contributed by atoms with Gasteiger partial charge in [-0.25, -0.2) is 9.66 Å². The Morgan fingerprint density at radius 2 is 1.95 bits per heavy atom. The highest BCUT2D eigenvalue weighted by atomic mass is 79.9. The summed E-state index contributed by atoms with van der Waals surface area (Å²) in [6.07, 6.45) is 0. The Morgan fingerprint density at radius 1 is 1.32 bits per heavy atom. The number of nitrogens with zero attached hydrogens (tertiary/aromatic N) is 2. The van der Waals surface area contributed by atoms with Crippen LogP contribution in [0.5, 0.6) is 0 Å². The molecule has 4 N–H and O–H groups in total. The molecule has 0 aliphatic carbocycles. The summed E-state index contributed by atoms with van der Waals surface area (Å²) in [5.41, 5.74) is 7.35. The molecule has 2 rings (SSSR count). The maximum absolute atomic E-state index is 6.06. The second kappa shape index (κ2) is 4.72. The van der Waals surface area contributed by atoms with Gasteiger partial charge in [0.15, 0.2) is 5.82 Å². The third kappa shape index (κ3) is 2.58. The van der Waals surface area contributed by atoms with E-state index in [1.165, 1.54) is 4.68 Å². The van der Waals surface area contributed by atoms with E-state index in [4.69, 9.17) is 23.2 Å². The van der Waals surface area contributed by atoms with E-state index in [1.807, 2.05) is 32.9 Å². The Bertz CT molecular complexity index is 628. The van der Waals surface area contributed by atoms with Crippen molar-refractivity contribution >= 4 is 33.3 Å². The quantitative estimate of drug-likeness (QED) is 0.778. The molecule has 0 aliphatic heterocycles. The number of nitrogens with two attached hydrogens (primary N) is 2. The maximum Gasteiger partial charge on any atom is 0.150 e. The zero-order chi connectivity index (χ0) is 14.4. The minimum absolute atomic E-state index is 0.188. The van der Waals surface area contributed by atoms with E-state index in [-0.39, 0.29) is 5.41 Å². The zero-order valence-electron chi connectivity index (χ0n) is 11.0. The number of benzene rings is 1. The molecule has 102 valence electrons. The van der Waals surface area contributed by atoms with Gasteiger partial charge in [-0.05, 0) is 18.2 Å². The zero-order valence-corrected chi connectivity index (χ0v) is 13.4. The second-order valence-electron chi connectivity index (χ2n) is 5.41. The van der Waals surface area contributed by atoms with Crippen molar-refractivity contribution < 1.29 is 0 Å². The molecule has 2 aromatic rings. The van der Waals surface area contributed by atoms with Crippen molar-refractivity contribution in [2.24, 2.45) is 0 Å². The van der Waals surface area contributed by atoms with Crippen molar-refractivity contribution in [3.8, 4) is 11.3 Å². The van der Waals surface area contributed by atoms with Crippen molar-refractivity contribution in [1.29, 1.82) is 0 Å². The Hall–Kier alpha value is -1.20. The van der Waals surface area contributed by atoms with Crippen molar-refractivity contribution in [2.75, 3.05) is 11.6 Å². The van der Waals surface area contributed by atoms with Crippen LogP contribution in [0.4, 0.5) is 5.82 Å². The summed E-state index contributed by atoms with van der Waals surface area (Å²) in [6, 6.07) is 5.48. The maximum atomic E-state index is 6.06. The Labute approximate surface area is 125 Å². The van der Waals surface area contributed by atoms with Crippen molar-refractivity contribution in [1.82, 2.24) is 9.66 Å². The number of nitrogen functional groups attached to an aromatic ring is 2. The van der Waals surface area contributed by atoms with Crippen molar-refractivity contribution in [2.45, 2.75) is 26.2 Å². The molecule has 6 heteroatoms. The predicted molar refractivity (Wildman–Crippen MR) is 83.6 cm³/mol. The Balaban J connectivity index is 2.67. The van der Waals surface area contributed by atoms with Crippen LogP contribution in [0.25, 0.3) is 11.3 Å². The molecule has 1 aromatic heterocycles. The van der Waals surface area contributed by atoms with Gasteiger partial charge >= 0.3 is 0 Å². The van der Waals surface area contributed by atoms with Gasteiger partial charge in [0.2, 0.25) is 0 Å². The molecule has 0 saturated heterocycles. The van der Waals surface area contributed by atoms with Crippen LogP contribution in [-0.4, -0.2) is 9.66 Å². The highest BCUT2D eigenvalue weighted by Gasteiger charge is 2.25. The summed E-state index contributed by atoms with van der Waals surface area (Å²) in [5.74, 6) is 7.15. The molecule has 0 radical (unpaired) electrons. The van der Waals surface area contributed by atoms with Crippen LogP contribution in [0.3, 0.4) is 0 Å². The number of anilines is 1. The summed E-state index contributed by atoms with van der Waals surface area (Å²) < 4.78 is 2.31. The fraction of sp³-hybridized carbons (Fsp3) is 0.308. The first-order valence-corrected chi connectivity index (χ1v) is 6.98. The van der Waals surface area contributed by atoms with E-state index < -0.39 is 0 Å². The van der Waals surface area contributed by atoms with Gasteiger partial charge in [-0.15, -0.1) is 0 Å². The molecule has 1 aromatic carbocycles. The van der Waals surface area contributed by atoms with Gasteiger partial charge in [-0.1, -0.05) is 48.3 Å². The topological polar surface area (TPSA) is 69.9 Å². The smallest absolute Gasteiger partial charge is 0.150 e. The average Bonchev–Trinajstić information content (AvgIpc) is 2.59. The number of hydrogen-bond donors (Lipinski definition) is 2. The van der Waals surface area contributed by atoms with E-state index in [0.717, 1.165) is 15.9 Å². The lowest BCUT2D eigenvalue weighted by atomic mass is 9.96. The highest BCUT2D eigenvalue weighted by molar-refractivity contribution is 9.10. The number of aromatic nitrogens is 2. The molecule has 0 saturated carbocycles. The highest BCUT2D eigenvalue weighted by Crippen LogP contribution is 2.35. The van der Waals surface area contributed by atoms with E-state index in [2.05, 4.69) is 20.9 Å². The largest absolute Gasteiger partial charge is 0.382 e. The lowest BCUT2D eigenvalue weighted by molar-refractivity contribution is 0.532. The fourth-order valence-corrected chi connectivity index (χ4v) is 2.46. The van der Waals surface area contributed by atoms with Gasteiger partial charge in [0.05, 0.1) is 0 Å². The molecule has 0 spiro atoms. The molecule has 19 heavy (non-hydrogen) atoms. The molecule has 0 atom stereocenters. The first-order valence-electron chi connectivity index (χ1n) is 5.81. The fourth-order valence-electron chi connectivity index (χ4n) is 1.85. The van der Waals surface area contributed by atoms with Crippen LogP contribution in [0.15, 0.2) is 22.7 Å². The standard InChI is InChI=1S/C13H16BrClN4/c1-13(2,3)12-18-10(11(16)19(12)17)8-6-7(15)4-5-9(8)14/h4-6H,16-17H2,1-3H3. The van der Waals surface area contributed by atoms with Gasteiger partial charge in [-0.3, -0.25) is 0 Å². The van der Waals surface area contributed by atoms with Gasteiger partial charge in [0, 0.05) is 20.5 Å². The summed E-state index contributed by atoms with van der Waals surface area (Å²) in [6.45, 7) is 6.11. The van der Waals surface area contributed by atoms with E-state index in [0.29, 0.717) is 16.5 Å². The lowest BCUT2D eigenvalue weighted by Crippen LogP contribution is -2.24. The SMILES string of the molecule is CC(C)(C)c1nc(-c2cc(Cl)ccc2Br)c(N)n1N. The average molecular weight is 344 g/mol. The molecule has 0 bridgehead atoms. The van der Waals surface area contributed by atoms with Crippen LogP contribution in [0.2, 0.25) is 5.02 Å². The predicted octanol–water partition coefficient (Wildman–Crippen LogP) is 3.56. The van der Waals surface area contributed by atoms with E-state index in [9.17, 15) is 0 Å². The summed E-state index contributed by atoms with van der Waals surface area (Å²) in [5, 5.41) is 0.626. The van der Waals surface area contributed by atoms with Gasteiger partial charge in [0.25, 0.3) is 0 Å². The molecule has 4 nitrogen and oxygen atoms in total. The summed E-state index contributed by atoms with van der Waals surface area (Å²) in [4.78, 5) is 4.58. The normalized spacial score (nSPS) is 11.8. The van der Waals surface area contributed by atoms with Crippen molar-refractivity contribution in [3.63, 3.8) is 0 Å². The van der Waals surface area contributed by atoms with Gasteiger partial charge < -0.3 is 11.6 Å². The number of hydrogen-bond acceptors (Lipinski definition) is 3. The molecule has 1 heterocycles. The van der Waals surface area contributed by atoms with Crippen LogP contribution in [0.1, 0.15) is 26.6 Å². The lowest BCUT2D eigenvalue weighted by Gasteiger charge is -2.17. The minimum Gasteiger partial charge on any atom is -0.382 e.